The van der Waals surface area contributed by atoms with Gasteiger partial charge in [-0.2, -0.15) is 10.2 Å². The molecule has 0 aliphatic carbocycles. The van der Waals surface area contributed by atoms with Crippen molar-refractivity contribution in [3.05, 3.63) is 96.7 Å². The van der Waals surface area contributed by atoms with E-state index in [4.69, 9.17) is 14.6 Å². The number of hydrogen-bond donors (Lipinski definition) is 1. The van der Waals surface area contributed by atoms with Crippen LogP contribution in [-0.4, -0.2) is 34.6 Å². The SMILES string of the molecule is O=C(NN=Cc1cn(-c2ccccc2)nc1-c1ccccc1)C1COc2ccccc2O1. The summed E-state index contributed by atoms with van der Waals surface area (Å²) in [7, 11) is 0. The minimum atomic E-state index is -0.775. The molecule has 0 saturated heterocycles. The van der Waals surface area contributed by atoms with E-state index >= 15 is 0 Å². The van der Waals surface area contributed by atoms with Crippen molar-refractivity contribution in [1.29, 1.82) is 0 Å². The van der Waals surface area contributed by atoms with Crippen molar-refractivity contribution in [2.75, 3.05) is 6.61 Å². The summed E-state index contributed by atoms with van der Waals surface area (Å²) in [5.41, 5.74) is 5.96. The molecule has 32 heavy (non-hydrogen) atoms. The van der Waals surface area contributed by atoms with Crippen molar-refractivity contribution in [2.24, 2.45) is 5.10 Å². The Morgan fingerprint density at radius 2 is 1.66 bits per heavy atom. The third-order valence-electron chi connectivity index (χ3n) is 4.99. The Bertz CT molecular complexity index is 1250. The topological polar surface area (TPSA) is 77.7 Å². The molecule has 0 fully saturated rings. The van der Waals surface area contributed by atoms with Crippen molar-refractivity contribution < 1.29 is 14.3 Å². The number of rotatable bonds is 5. The molecule has 1 amide bonds. The average molecular weight is 424 g/mol. The van der Waals surface area contributed by atoms with Gasteiger partial charge in [0.2, 0.25) is 6.10 Å². The van der Waals surface area contributed by atoms with E-state index in [1.165, 1.54) is 0 Å². The van der Waals surface area contributed by atoms with E-state index in [0.717, 1.165) is 22.5 Å². The van der Waals surface area contributed by atoms with Crippen LogP contribution in [0.2, 0.25) is 0 Å². The van der Waals surface area contributed by atoms with Gasteiger partial charge in [0.1, 0.15) is 12.3 Å². The van der Waals surface area contributed by atoms with Gasteiger partial charge >= 0.3 is 0 Å². The number of benzene rings is 3. The maximum Gasteiger partial charge on any atom is 0.284 e. The van der Waals surface area contributed by atoms with E-state index in [9.17, 15) is 4.79 Å². The predicted octanol–water partition coefficient (Wildman–Crippen LogP) is 3.83. The molecule has 7 heteroatoms. The van der Waals surface area contributed by atoms with E-state index in [0.29, 0.717) is 11.5 Å². The summed E-state index contributed by atoms with van der Waals surface area (Å²) in [4.78, 5) is 12.5. The van der Waals surface area contributed by atoms with Crippen LogP contribution >= 0.6 is 0 Å². The fraction of sp³-hybridized carbons (Fsp3) is 0.0800. The number of carbonyl (C=O) groups excluding carboxylic acids is 1. The van der Waals surface area contributed by atoms with Gasteiger partial charge in [-0.3, -0.25) is 4.79 Å². The Morgan fingerprint density at radius 3 is 2.44 bits per heavy atom. The normalized spacial score (nSPS) is 14.9. The second-order valence-corrected chi connectivity index (χ2v) is 7.18. The predicted molar refractivity (Wildman–Crippen MR) is 121 cm³/mol. The van der Waals surface area contributed by atoms with Crippen LogP contribution in [0.15, 0.2) is 96.2 Å². The highest BCUT2D eigenvalue weighted by atomic mass is 16.6. The lowest BCUT2D eigenvalue weighted by molar-refractivity contribution is -0.130. The molecule has 5 rings (SSSR count). The third kappa shape index (κ3) is 4.09. The fourth-order valence-electron chi connectivity index (χ4n) is 3.40. The first-order valence-corrected chi connectivity index (χ1v) is 10.2. The van der Waals surface area contributed by atoms with Gasteiger partial charge in [0.05, 0.1) is 11.9 Å². The molecular weight excluding hydrogens is 404 g/mol. The number of fused-ring (bicyclic) bond motifs is 1. The first kappa shape index (κ1) is 19.6. The quantitative estimate of drug-likeness (QED) is 0.390. The Morgan fingerprint density at radius 1 is 0.969 bits per heavy atom. The average Bonchev–Trinajstić information content (AvgIpc) is 3.29. The monoisotopic (exact) mass is 424 g/mol. The van der Waals surface area contributed by atoms with Gasteiger partial charge in [0.15, 0.2) is 11.5 Å². The molecule has 1 aliphatic rings. The van der Waals surface area contributed by atoms with Crippen LogP contribution in [0.1, 0.15) is 5.56 Å². The van der Waals surface area contributed by atoms with Crippen LogP contribution in [0.5, 0.6) is 11.5 Å². The maximum atomic E-state index is 12.5. The molecule has 1 atom stereocenters. The molecule has 1 aromatic heterocycles. The van der Waals surface area contributed by atoms with E-state index in [-0.39, 0.29) is 12.5 Å². The molecule has 4 aromatic rings. The minimum Gasteiger partial charge on any atom is -0.485 e. The molecule has 2 heterocycles. The smallest absolute Gasteiger partial charge is 0.284 e. The summed E-state index contributed by atoms with van der Waals surface area (Å²) < 4.78 is 13.1. The standard InChI is InChI=1S/C25H20N4O3/c30-25(23-17-31-21-13-7-8-14-22(21)32-23)27-26-15-19-16-29(20-11-5-2-6-12-20)28-24(19)18-9-3-1-4-10-18/h1-16,23H,17H2,(H,27,30). The molecule has 1 unspecified atom stereocenters. The first-order chi connectivity index (χ1) is 15.8. The van der Waals surface area contributed by atoms with Crippen LogP contribution in [-0.2, 0) is 4.79 Å². The summed E-state index contributed by atoms with van der Waals surface area (Å²) in [5.74, 6) is 0.784. The highest BCUT2D eigenvalue weighted by Gasteiger charge is 2.27. The van der Waals surface area contributed by atoms with Crippen molar-refractivity contribution in [3.8, 4) is 28.4 Å². The largest absolute Gasteiger partial charge is 0.485 e. The van der Waals surface area contributed by atoms with E-state index in [1.807, 2.05) is 79.0 Å². The number of hydrogen-bond acceptors (Lipinski definition) is 5. The fourth-order valence-corrected chi connectivity index (χ4v) is 3.40. The number of nitrogens with one attached hydrogen (secondary N) is 1. The zero-order valence-corrected chi connectivity index (χ0v) is 17.1. The highest BCUT2D eigenvalue weighted by molar-refractivity contribution is 5.90. The lowest BCUT2D eigenvalue weighted by Crippen LogP contribution is -2.42. The third-order valence-corrected chi connectivity index (χ3v) is 4.99. The highest BCUT2D eigenvalue weighted by Crippen LogP contribution is 2.30. The van der Waals surface area contributed by atoms with E-state index in [2.05, 4.69) is 10.5 Å². The second kappa shape index (κ2) is 8.77. The summed E-state index contributed by atoms with van der Waals surface area (Å²) in [6.07, 6.45) is 2.69. The van der Waals surface area contributed by atoms with E-state index in [1.54, 1.807) is 23.0 Å². The van der Waals surface area contributed by atoms with Gasteiger partial charge in [-0.25, -0.2) is 10.1 Å². The Labute approximate surface area is 184 Å². The van der Waals surface area contributed by atoms with Crippen LogP contribution < -0.4 is 14.9 Å². The minimum absolute atomic E-state index is 0.125. The number of nitrogens with zero attached hydrogens (tertiary/aromatic N) is 3. The van der Waals surface area contributed by atoms with Gasteiger partial charge < -0.3 is 9.47 Å². The summed E-state index contributed by atoms with van der Waals surface area (Å²) in [6.45, 7) is 0.125. The summed E-state index contributed by atoms with van der Waals surface area (Å²) in [5, 5.41) is 8.88. The molecule has 0 saturated carbocycles. The summed E-state index contributed by atoms with van der Waals surface area (Å²) >= 11 is 0. The molecule has 1 N–H and O–H groups in total. The molecule has 3 aromatic carbocycles. The summed E-state index contributed by atoms with van der Waals surface area (Å²) in [6, 6.07) is 26.9. The zero-order valence-electron chi connectivity index (χ0n) is 17.1. The van der Waals surface area contributed by atoms with Crippen LogP contribution in [0.3, 0.4) is 0 Å². The lowest BCUT2D eigenvalue weighted by Gasteiger charge is -2.24. The number of hydrazone groups is 1. The molecule has 7 nitrogen and oxygen atoms in total. The number of ether oxygens (including phenoxy) is 2. The van der Waals surface area contributed by atoms with Crippen molar-refractivity contribution >= 4 is 12.1 Å². The molecule has 158 valence electrons. The Hall–Kier alpha value is -4.39. The van der Waals surface area contributed by atoms with Crippen LogP contribution in [0.4, 0.5) is 0 Å². The number of carbonyl (C=O) groups is 1. The molecule has 0 spiro atoms. The van der Waals surface area contributed by atoms with Gasteiger partial charge in [0, 0.05) is 17.3 Å². The zero-order chi connectivity index (χ0) is 21.8. The van der Waals surface area contributed by atoms with Gasteiger partial charge in [-0.05, 0) is 24.3 Å². The van der Waals surface area contributed by atoms with Crippen molar-refractivity contribution in [3.63, 3.8) is 0 Å². The molecule has 1 aliphatic heterocycles. The van der Waals surface area contributed by atoms with Crippen LogP contribution in [0, 0.1) is 0 Å². The van der Waals surface area contributed by atoms with Gasteiger partial charge in [-0.15, -0.1) is 0 Å². The lowest BCUT2D eigenvalue weighted by atomic mass is 10.1. The van der Waals surface area contributed by atoms with Gasteiger partial charge in [-0.1, -0.05) is 60.7 Å². The number of amides is 1. The van der Waals surface area contributed by atoms with Crippen molar-refractivity contribution in [2.45, 2.75) is 6.10 Å². The number of para-hydroxylation sites is 3. The van der Waals surface area contributed by atoms with Crippen molar-refractivity contribution in [1.82, 2.24) is 15.2 Å². The number of aromatic nitrogens is 2. The van der Waals surface area contributed by atoms with Gasteiger partial charge in [0.25, 0.3) is 5.91 Å². The molecule has 0 bridgehead atoms. The van der Waals surface area contributed by atoms with Crippen LogP contribution in [0.25, 0.3) is 16.9 Å². The van der Waals surface area contributed by atoms with E-state index < -0.39 is 6.10 Å². The molecular formula is C25H20N4O3. The first-order valence-electron chi connectivity index (χ1n) is 10.2. The maximum absolute atomic E-state index is 12.5. The Balaban J connectivity index is 1.35. The Kier molecular flexibility index (Phi) is 5.36. The molecule has 0 radical (unpaired) electrons. The second-order valence-electron chi connectivity index (χ2n) is 7.18.